The summed E-state index contributed by atoms with van der Waals surface area (Å²) in [6, 6.07) is 0. The first-order valence-electron chi connectivity index (χ1n) is 0.775. The topological polar surface area (TPSA) is 60.7 Å². The SMILES string of the molecule is OB(O)O.[BiH3].[TeH2]. The van der Waals surface area contributed by atoms with Crippen molar-refractivity contribution < 1.29 is 15.1 Å². The number of hydrogen-bond donors (Lipinski definition) is 3. The second-order valence-corrected chi connectivity index (χ2v) is 0.346. The van der Waals surface area contributed by atoms with Gasteiger partial charge in [0.2, 0.25) is 0 Å². The van der Waals surface area contributed by atoms with E-state index in [1.54, 1.807) is 0 Å². The molecule has 0 unspecified atom stereocenters. The number of rotatable bonds is 0. The van der Waals surface area contributed by atoms with Crippen molar-refractivity contribution >= 4 is 57.2 Å². The van der Waals surface area contributed by atoms with Gasteiger partial charge in [-0.25, -0.2) is 0 Å². The van der Waals surface area contributed by atoms with Crippen LogP contribution in [0.3, 0.4) is 0 Å². The zero-order chi connectivity index (χ0) is 3.58. The molecule has 0 bridgehead atoms. The molecular weight excluding hydrogens is 395 g/mol. The van der Waals surface area contributed by atoms with Crippen LogP contribution < -0.4 is 0 Å². The van der Waals surface area contributed by atoms with Gasteiger partial charge in [-0.3, -0.25) is 0 Å². The minimum absolute atomic E-state index is 0. The van der Waals surface area contributed by atoms with Gasteiger partial charge in [-0.2, -0.15) is 0 Å². The first-order valence-corrected chi connectivity index (χ1v) is 0.775. The van der Waals surface area contributed by atoms with E-state index in [1.165, 1.54) is 0 Å². The average molecular weight is 403 g/mol. The fourth-order valence-electron chi connectivity index (χ4n) is 0. The van der Waals surface area contributed by atoms with E-state index in [-0.39, 0.29) is 49.9 Å². The van der Waals surface area contributed by atoms with Crippen LogP contribution >= 0.6 is 0 Å². The summed E-state index contributed by atoms with van der Waals surface area (Å²) in [6.45, 7) is 0. The second-order valence-electron chi connectivity index (χ2n) is 0.346. The van der Waals surface area contributed by atoms with Crippen molar-refractivity contribution in [3.05, 3.63) is 0 Å². The van der Waals surface area contributed by atoms with Crippen LogP contribution in [0, 0.1) is 0 Å². The summed E-state index contributed by atoms with van der Waals surface area (Å²) in [6.07, 6.45) is 0. The average Bonchev–Trinajstić information content (AvgIpc) is 0.811. The number of hydrogen-bond acceptors (Lipinski definition) is 3. The van der Waals surface area contributed by atoms with Crippen molar-refractivity contribution in [1.82, 2.24) is 0 Å². The predicted molar refractivity (Wildman–Crippen MR) is 30.9 cm³/mol. The van der Waals surface area contributed by atoms with Gasteiger partial charge < -0.3 is 15.1 Å². The molecule has 0 amide bonds. The molecule has 0 atom stereocenters. The molecule has 0 saturated carbocycles. The van der Waals surface area contributed by atoms with Gasteiger partial charge in [0.25, 0.3) is 0 Å². The Morgan fingerprint density at radius 3 is 1.00 bits per heavy atom. The maximum absolute atomic E-state index is 7.17. The first kappa shape index (κ1) is 15.6. The maximum atomic E-state index is 7.17. The van der Waals surface area contributed by atoms with E-state index in [2.05, 4.69) is 0 Å². The molecule has 6 heteroatoms. The molecular formula is H8BBiO3Te. The van der Waals surface area contributed by atoms with Gasteiger partial charge in [0.15, 0.2) is 0 Å². The zero-order valence-electron chi connectivity index (χ0n) is 3.13. The summed E-state index contributed by atoms with van der Waals surface area (Å²) in [4.78, 5) is 0. The van der Waals surface area contributed by atoms with Crippen molar-refractivity contribution in [3.63, 3.8) is 0 Å². The molecule has 0 spiro atoms. The Hall–Kier alpha value is 1.62. The summed E-state index contributed by atoms with van der Waals surface area (Å²) in [5.74, 6) is 0. The molecule has 0 aliphatic carbocycles. The molecule has 0 radical (unpaired) electrons. The molecule has 0 heterocycles. The van der Waals surface area contributed by atoms with Gasteiger partial charge in [-0.15, -0.1) is 0 Å². The van der Waals surface area contributed by atoms with Gasteiger partial charge >= 0.3 is 57.2 Å². The summed E-state index contributed by atoms with van der Waals surface area (Å²) in [7, 11) is -2.17. The predicted octanol–water partition coefficient (Wildman–Crippen LogP) is -4.15. The molecule has 0 aromatic rings. The Labute approximate surface area is 71.8 Å². The van der Waals surface area contributed by atoms with Crippen LogP contribution in [0.1, 0.15) is 0 Å². The Morgan fingerprint density at radius 1 is 1.00 bits per heavy atom. The fourth-order valence-corrected chi connectivity index (χ4v) is 0. The summed E-state index contributed by atoms with van der Waals surface area (Å²) in [5.41, 5.74) is 0. The summed E-state index contributed by atoms with van der Waals surface area (Å²) >= 11 is 0. The van der Waals surface area contributed by atoms with Gasteiger partial charge in [0.05, 0.1) is 0 Å². The van der Waals surface area contributed by atoms with E-state index in [4.69, 9.17) is 15.1 Å². The van der Waals surface area contributed by atoms with Crippen molar-refractivity contribution in [2.75, 3.05) is 0 Å². The molecule has 0 aromatic carbocycles. The van der Waals surface area contributed by atoms with Crippen LogP contribution in [0.5, 0.6) is 0 Å². The van der Waals surface area contributed by atoms with Crippen LogP contribution in [0.4, 0.5) is 0 Å². The molecule has 0 aliphatic rings. The molecule has 6 heavy (non-hydrogen) atoms. The quantitative estimate of drug-likeness (QED) is 0.360. The third-order valence-electron chi connectivity index (χ3n) is 0. The Balaban J connectivity index is -0.0000000450. The van der Waals surface area contributed by atoms with Gasteiger partial charge in [0.1, 0.15) is 0 Å². The van der Waals surface area contributed by atoms with E-state index in [1.807, 2.05) is 0 Å². The standard InChI is InChI=1S/BH3O3.Bi.H2Te.3H/c2-1(3)4;;;;;/h2-4H;;1H2;;;. The van der Waals surface area contributed by atoms with E-state index in [0.717, 1.165) is 0 Å². The summed E-state index contributed by atoms with van der Waals surface area (Å²) < 4.78 is 0. The van der Waals surface area contributed by atoms with Gasteiger partial charge in [-0.1, -0.05) is 0 Å². The molecule has 0 fully saturated rings. The third-order valence-corrected chi connectivity index (χ3v) is 0. The van der Waals surface area contributed by atoms with E-state index < -0.39 is 7.32 Å². The molecule has 3 nitrogen and oxygen atoms in total. The first-order chi connectivity index (χ1) is 1.73. The van der Waals surface area contributed by atoms with Crippen LogP contribution in [-0.4, -0.2) is 72.3 Å². The molecule has 0 aromatic heterocycles. The second kappa shape index (κ2) is 9.79. The van der Waals surface area contributed by atoms with Gasteiger partial charge in [-0.05, 0) is 0 Å². The fraction of sp³-hybridized carbons (Fsp3) is 0. The Kier molecular flexibility index (Phi) is 25.5. The van der Waals surface area contributed by atoms with E-state index in [0.29, 0.717) is 0 Å². The van der Waals surface area contributed by atoms with Crippen LogP contribution in [0.25, 0.3) is 0 Å². The summed E-state index contributed by atoms with van der Waals surface area (Å²) in [5, 5.41) is 21.5. The van der Waals surface area contributed by atoms with Crippen LogP contribution in [0.2, 0.25) is 0 Å². The van der Waals surface area contributed by atoms with Crippen molar-refractivity contribution in [3.8, 4) is 0 Å². The van der Waals surface area contributed by atoms with Crippen molar-refractivity contribution in [1.29, 1.82) is 0 Å². The molecule has 0 rings (SSSR count). The normalized spacial score (nSPS) is 4.50. The molecule has 0 aliphatic heterocycles. The Morgan fingerprint density at radius 2 is 1.00 bits per heavy atom. The Bertz CT molecular complexity index is 15.5. The van der Waals surface area contributed by atoms with Crippen molar-refractivity contribution in [2.45, 2.75) is 0 Å². The molecule has 0 saturated heterocycles. The van der Waals surface area contributed by atoms with Crippen molar-refractivity contribution in [2.24, 2.45) is 0 Å². The van der Waals surface area contributed by atoms with Crippen LogP contribution in [0.15, 0.2) is 0 Å². The molecule has 3 N–H and O–H groups in total. The van der Waals surface area contributed by atoms with E-state index in [9.17, 15) is 0 Å². The minimum atomic E-state index is -2.17. The van der Waals surface area contributed by atoms with Crippen LogP contribution in [-0.2, 0) is 0 Å². The molecule has 40 valence electrons. The zero-order valence-corrected chi connectivity index (χ0v) is 11.5. The van der Waals surface area contributed by atoms with E-state index >= 15 is 0 Å². The third kappa shape index (κ3) is 45.8. The monoisotopic (exact) mass is 406 g/mol. The van der Waals surface area contributed by atoms with Gasteiger partial charge in [0, 0.05) is 0 Å².